The van der Waals surface area contributed by atoms with Gasteiger partial charge < -0.3 is 0 Å². The van der Waals surface area contributed by atoms with Crippen LogP contribution in [-0.2, 0) is 6.54 Å². The van der Waals surface area contributed by atoms with Crippen LogP contribution in [0.15, 0.2) is 34.9 Å². The topological polar surface area (TPSA) is 43.2 Å². The van der Waals surface area contributed by atoms with E-state index in [1.807, 2.05) is 12.3 Å². The van der Waals surface area contributed by atoms with Gasteiger partial charge in [-0.25, -0.2) is 0 Å². The molecule has 5 heteroatoms. The lowest BCUT2D eigenvalue weighted by Gasteiger charge is -2.33. The number of nitrogens with zero attached hydrogens (tertiary/aromatic N) is 4. The number of nitriles is 1. The zero-order valence-electron chi connectivity index (χ0n) is 11.8. The van der Waals surface area contributed by atoms with Gasteiger partial charge in [0.1, 0.15) is 0 Å². The molecule has 1 aliphatic heterocycles. The van der Waals surface area contributed by atoms with Gasteiger partial charge in [0.2, 0.25) is 0 Å². The molecule has 1 aliphatic rings. The number of hydrogen-bond donors (Lipinski definition) is 0. The quantitative estimate of drug-likeness (QED) is 0.803. The molecule has 0 unspecified atom stereocenters. The number of aromatic nitrogens is 1. The summed E-state index contributed by atoms with van der Waals surface area (Å²) < 4.78 is 1.09. The molecule has 1 fully saturated rings. The average Bonchev–Trinajstić information content (AvgIpc) is 2.52. The van der Waals surface area contributed by atoms with Gasteiger partial charge in [-0.2, -0.15) is 5.26 Å². The average molecular weight is 345 g/mol. The zero-order valence-corrected chi connectivity index (χ0v) is 13.4. The molecule has 2 heterocycles. The molecular formula is C16H17BrN4. The molecule has 3 rings (SSSR count). The highest BCUT2D eigenvalue weighted by atomic mass is 79.9. The molecule has 0 amide bonds. The van der Waals surface area contributed by atoms with E-state index in [1.54, 1.807) is 0 Å². The number of pyridine rings is 1. The largest absolute Gasteiger partial charge is 0.296 e. The third kappa shape index (κ3) is 3.24. The van der Waals surface area contributed by atoms with Gasteiger partial charge in [0, 0.05) is 48.8 Å². The van der Waals surface area contributed by atoms with E-state index < -0.39 is 0 Å². The molecule has 0 bridgehead atoms. The summed E-state index contributed by atoms with van der Waals surface area (Å²) in [5.74, 6) is 0. The number of benzene rings is 1. The third-order valence-corrected chi connectivity index (χ3v) is 4.64. The Morgan fingerprint density at radius 3 is 2.67 bits per heavy atom. The fraction of sp³-hybridized carbons (Fsp3) is 0.375. The van der Waals surface area contributed by atoms with Crippen LogP contribution in [0.1, 0.15) is 5.56 Å². The minimum Gasteiger partial charge on any atom is -0.296 e. The standard InChI is InChI=1S/C16H17BrN4/c17-15-4-3-13(16-14(15)2-1-6-19-16)12-21-10-8-20(7-5-18)9-11-21/h1-4,6H,7-12H2. The highest BCUT2D eigenvalue weighted by molar-refractivity contribution is 9.10. The Balaban J connectivity index is 1.75. The van der Waals surface area contributed by atoms with Gasteiger partial charge >= 0.3 is 0 Å². The van der Waals surface area contributed by atoms with Gasteiger partial charge in [-0.1, -0.05) is 28.1 Å². The van der Waals surface area contributed by atoms with Crippen LogP contribution in [0, 0.1) is 11.3 Å². The minimum absolute atomic E-state index is 0.538. The minimum atomic E-state index is 0.538. The second kappa shape index (κ2) is 6.52. The van der Waals surface area contributed by atoms with Crippen LogP contribution in [0.3, 0.4) is 0 Å². The van der Waals surface area contributed by atoms with Gasteiger partial charge in [0.05, 0.1) is 18.1 Å². The lowest BCUT2D eigenvalue weighted by molar-refractivity contribution is 0.138. The highest BCUT2D eigenvalue weighted by Gasteiger charge is 2.17. The Labute approximate surface area is 133 Å². The van der Waals surface area contributed by atoms with E-state index in [0.29, 0.717) is 6.54 Å². The summed E-state index contributed by atoms with van der Waals surface area (Å²) in [5, 5.41) is 9.91. The van der Waals surface area contributed by atoms with Crippen molar-refractivity contribution in [2.75, 3.05) is 32.7 Å². The molecule has 1 aromatic carbocycles. The lowest BCUT2D eigenvalue weighted by atomic mass is 10.1. The number of hydrogen-bond acceptors (Lipinski definition) is 4. The maximum atomic E-state index is 8.75. The number of fused-ring (bicyclic) bond motifs is 1. The van der Waals surface area contributed by atoms with E-state index in [-0.39, 0.29) is 0 Å². The molecule has 0 atom stereocenters. The van der Waals surface area contributed by atoms with Crippen LogP contribution < -0.4 is 0 Å². The first kappa shape index (κ1) is 14.5. The molecule has 0 radical (unpaired) electrons. The molecule has 1 aromatic heterocycles. The number of halogens is 1. The molecule has 21 heavy (non-hydrogen) atoms. The summed E-state index contributed by atoms with van der Waals surface area (Å²) in [4.78, 5) is 9.18. The summed E-state index contributed by atoms with van der Waals surface area (Å²) >= 11 is 3.59. The van der Waals surface area contributed by atoms with Crippen LogP contribution in [0.4, 0.5) is 0 Å². The molecule has 0 N–H and O–H groups in total. The summed E-state index contributed by atoms with van der Waals surface area (Å²) in [6.45, 7) is 5.40. The SMILES string of the molecule is N#CCN1CCN(Cc2ccc(Br)c3cccnc23)CC1. The summed E-state index contributed by atoms with van der Waals surface area (Å²) in [6.07, 6.45) is 1.85. The first-order valence-electron chi connectivity index (χ1n) is 7.11. The summed E-state index contributed by atoms with van der Waals surface area (Å²) in [7, 11) is 0. The Morgan fingerprint density at radius 2 is 1.90 bits per heavy atom. The maximum absolute atomic E-state index is 8.75. The van der Waals surface area contributed by atoms with Crippen molar-refractivity contribution in [1.29, 1.82) is 5.26 Å². The van der Waals surface area contributed by atoms with E-state index in [1.165, 1.54) is 5.56 Å². The Kier molecular flexibility index (Phi) is 4.49. The number of piperazine rings is 1. The van der Waals surface area contributed by atoms with Crippen molar-refractivity contribution in [3.8, 4) is 6.07 Å². The maximum Gasteiger partial charge on any atom is 0.0866 e. The van der Waals surface area contributed by atoms with Gasteiger partial charge in [0.15, 0.2) is 0 Å². The fourth-order valence-electron chi connectivity index (χ4n) is 2.77. The van der Waals surface area contributed by atoms with Crippen molar-refractivity contribution >= 4 is 26.8 Å². The van der Waals surface area contributed by atoms with Gasteiger partial charge in [0.25, 0.3) is 0 Å². The Morgan fingerprint density at radius 1 is 1.14 bits per heavy atom. The highest BCUT2D eigenvalue weighted by Crippen LogP contribution is 2.26. The Bertz CT molecular complexity index is 672. The predicted molar refractivity (Wildman–Crippen MR) is 86.8 cm³/mol. The van der Waals surface area contributed by atoms with Gasteiger partial charge in [-0.3, -0.25) is 14.8 Å². The normalized spacial score (nSPS) is 17.0. The van der Waals surface area contributed by atoms with Crippen LogP contribution in [0.5, 0.6) is 0 Å². The molecule has 2 aromatic rings. The van der Waals surface area contributed by atoms with Crippen LogP contribution in [0.2, 0.25) is 0 Å². The number of rotatable bonds is 3. The van der Waals surface area contributed by atoms with E-state index in [0.717, 1.165) is 48.1 Å². The van der Waals surface area contributed by atoms with E-state index in [9.17, 15) is 0 Å². The molecule has 108 valence electrons. The van der Waals surface area contributed by atoms with E-state index >= 15 is 0 Å². The van der Waals surface area contributed by atoms with Crippen molar-refractivity contribution in [3.05, 3.63) is 40.5 Å². The Hall–Kier alpha value is -1.48. The molecule has 0 saturated carbocycles. The zero-order chi connectivity index (χ0) is 14.7. The second-order valence-corrected chi connectivity index (χ2v) is 6.17. The van der Waals surface area contributed by atoms with Crippen molar-refractivity contribution in [1.82, 2.24) is 14.8 Å². The van der Waals surface area contributed by atoms with E-state index in [2.05, 4.69) is 55.0 Å². The van der Waals surface area contributed by atoms with Crippen LogP contribution in [0.25, 0.3) is 10.9 Å². The van der Waals surface area contributed by atoms with E-state index in [4.69, 9.17) is 5.26 Å². The molecular weight excluding hydrogens is 328 g/mol. The van der Waals surface area contributed by atoms with Crippen LogP contribution in [-0.4, -0.2) is 47.5 Å². The summed E-state index contributed by atoms with van der Waals surface area (Å²) in [6, 6.07) is 10.5. The monoisotopic (exact) mass is 344 g/mol. The molecule has 4 nitrogen and oxygen atoms in total. The van der Waals surface area contributed by atoms with Crippen molar-refractivity contribution in [3.63, 3.8) is 0 Å². The van der Waals surface area contributed by atoms with Crippen molar-refractivity contribution < 1.29 is 0 Å². The first-order chi connectivity index (χ1) is 10.3. The van der Waals surface area contributed by atoms with Gasteiger partial charge in [-0.15, -0.1) is 0 Å². The summed E-state index contributed by atoms with van der Waals surface area (Å²) in [5.41, 5.74) is 2.34. The van der Waals surface area contributed by atoms with Crippen LogP contribution >= 0.6 is 15.9 Å². The second-order valence-electron chi connectivity index (χ2n) is 5.32. The molecule has 0 aliphatic carbocycles. The first-order valence-corrected chi connectivity index (χ1v) is 7.91. The van der Waals surface area contributed by atoms with Gasteiger partial charge in [-0.05, 0) is 17.7 Å². The predicted octanol–water partition coefficient (Wildman–Crippen LogP) is 2.64. The van der Waals surface area contributed by atoms with Crippen molar-refractivity contribution in [2.24, 2.45) is 0 Å². The smallest absolute Gasteiger partial charge is 0.0866 e. The molecule has 1 saturated heterocycles. The fourth-order valence-corrected chi connectivity index (χ4v) is 3.22. The lowest BCUT2D eigenvalue weighted by Crippen LogP contribution is -2.45. The third-order valence-electron chi connectivity index (χ3n) is 3.95. The van der Waals surface area contributed by atoms with Crippen molar-refractivity contribution in [2.45, 2.75) is 6.54 Å². The molecule has 0 spiro atoms.